The number of carbonyl (C=O) groups excluding carboxylic acids is 1. The fourth-order valence-corrected chi connectivity index (χ4v) is 3.07. The molecule has 0 atom stereocenters. The van der Waals surface area contributed by atoms with Gasteiger partial charge in [0, 0.05) is 23.1 Å². The predicted octanol–water partition coefficient (Wildman–Crippen LogP) is 4.73. The Bertz CT molecular complexity index is 897. The highest BCUT2D eigenvalue weighted by molar-refractivity contribution is 7.15. The molecule has 0 fully saturated rings. The molecule has 1 amide bonds. The molecule has 3 aromatic rings. The molecule has 1 heterocycles. The van der Waals surface area contributed by atoms with Crippen molar-refractivity contribution >= 4 is 22.4 Å². The summed E-state index contributed by atoms with van der Waals surface area (Å²) in [4.78, 5) is 17.2. The third-order valence-electron chi connectivity index (χ3n) is 3.39. The second-order valence-electron chi connectivity index (χ2n) is 5.30. The number of hydrogen-bond acceptors (Lipinski definition) is 4. The second kappa shape index (κ2) is 8.01. The normalized spacial score (nSPS) is 10.8. The summed E-state index contributed by atoms with van der Waals surface area (Å²) in [6, 6.07) is 11.6. The van der Waals surface area contributed by atoms with E-state index in [2.05, 4.69) is 15.0 Å². The van der Waals surface area contributed by atoms with Gasteiger partial charge in [-0.05, 0) is 35.9 Å². The van der Waals surface area contributed by atoms with Crippen LogP contribution in [0.5, 0.6) is 5.75 Å². The Labute approximate surface area is 151 Å². The molecule has 0 spiro atoms. The van der Waals surface area contributed by atoms with E-state index in [1.54, 1.807) is 18.3 Å². The number of rotatable bonds is 6. The molecule has 1 N–H and O–H groups in total. The molecule has 0 aliphatic heterocycles. The van der Waals surface area contributed by atoms with E-state index in [0.29, 0.717) is 11.6 Å². The van der Waals surface area contributed by atoms with Gasteiger partial charge in [0.15, 0.2) is 5.13 Å². The van der Waals surface area contributed by atoms with E-state index in [1.165, 1.54) is 47.7 Å². The lowest BCUT2D eigenvalue weighted by Crippen LogP contribution is -2.12. The molecule has 134 valence electrons. The van der Waals surface area contributed by atoms with Crippen molar-refractivity contribution in [3.05, 3.63) is 76.5 Å². The van der Waals surface area contributed by atoms with E-state index in [1.807, 2.05) is 0 Å². The largest absolute Gasteiger partial charge is 0.435 e. The molecule has 4 nitrogen and oxygen atoms in total. The van der Waals surface area contributed by atoms with E-state index >= 15 is 0 Å². The Balaban J connectivity index is 1.65. The first-order chi connectivity index (χ1) is 12.5. The first-order valence-corrected chi connectivity index (χ1v) is 8.36. The lowest BCUT2D eigenvalue weighted by atomic mass is 10.1. The Morgan fingerprint density at radius 2 is 1.96 bits per heavy atom. The maximum Gasteiger partial charge on any atom is 0.387 e. The number of ether oxygens (including phenoxy) is 1. The van der Waals surface area contributed by atoms with Crippen molar-refractivity contribution in [3.63, 3.8) is 0 Å². The van der Waals surface area contributed by atoms with Gasteiger partial charge < -0.3 is 4.74 Å². The van der Waals surface area contributed by atoms with Gasteiger partial charge in [-0.3, -0.25) is 10.1 Å². The van der Waals surface area contributed by atoms with Crippen LogP contribution < -0.4 is 10.1 Å². The first-order valence-electron chi connectivity index (χ1n) is 7.55. The van der Waals surface area contributed by atoms with Crippen LogP contribution in [0.2, 0.25) is 0 Å². The van der Waals surface area contributed by atoms with Gasteiger partial charge in [0.05, 0.1) is 0 Å². The second-order valence-corrected chi connectivity index (χ2v) is 6.41. The Morgan fingerprint density at radius 1 is 1.19 bits per heavy atom. The zero-order chi connectivity index (χ0) is 18.5. The van der Waals surface area contributed by atoms with Gasteiger partial charge in [-0.2, -0.15) is 8.78 Å². The topological polar surface area (TPSA) is 51.2 Å². The molecule has 0 saturated carbocycles. The quantitative estimate of drug-likeness (QED) is 0.675. The van der Waals surface area contributed by atoms with E-state index in [9.17, 15) is 18.0 Å². The van der Waals surface area contributed by atoms with Gasteiger partial charge in [-0.25, -0.2) is 9.37 Å². The number of benzene rings is 2. The van der Waals surface area contributed by atoms with Gasteiger partial charge in [0.25, 0.3) is 5.91 Å². The first kappa shape index (κ1) is 17.9. The zero-order valence-corrected chi connectivity index (χ0v) is 14.1. The molecule has 2 aromatic carbocycles. The van der Waals surface area contributed by atoms with Gasteiger partial charge in [0.2, 0.25) is 0 Å². The van der Waals surface area contributed by atoms with Crippen LogP contribution in [0.15, 0.2) is 54.7 Å². The van der Waals surface area contributed by atoms with Crippen LogP contribution in [0.3, 0.4) is 0 Å². The lowest BCUT2D eigenvalue weighted by molar-refractivity contribution is -0.0498. The van der Waals surface area contributed by atoms with Gasteiger partial charge in [-0.1, -0.05) is 18.2 Å². The number of anilines is 1. The molecule has 0 aliphatic rings. The monoisotopic (exact) mass is 378 g/mol. The minimum Gasteiger partial charge on any atom is -0.435 e. The summed E-state index contributed by atoms with van der Waals surface area (Å²) < 4.78 is 41.7. The highest BCUT2D eigenvalue weighted by Gasteiger charge is 2.12. The summed E-state index contributed by atoms with van der Waals surface area (Å²) in [5.74, 6) is -0.875. The van der Waals surface area contributed by atoms with Crippen LogP contribution >= 0.6 is 11.3 Å². The molecular weight excluding hydrogens is 365 g/mol. The molecule has 26 heavy (non-hydrogen) atoms. The molecule has 0 radical (unpaired) electrons. The Kier molecular flexibility index (Phi) is 5.52. The molecule has 8 heteroatoms. The fourth-order valence-electron chi connectivity index (χ4n) is 2.23. The summed E-state index contributed by atoms with van der Waals surface area (Å²) in [5.41, 5.74) is 1.10. The van der Waals surface area contributed by atoms with Crippen molar-refractivity contribution in [1.82, 2.24) is 4.98 Å². The van der Waals surface area contributed by atoms with E-state index in [0.717, 1.165) is 10.4 Å². The summed E-state index contributed by atoms with van der Waals surface area (Å²) in [7, 11) is 0. The van der Waals surface area contributed by atoms with Crippen LogP contribution in [-0.2, 0) is 6.42 Å². The fraction of sp³-hybridized carbons (Fsp3) is 0.111. The molecule has 0 unspecified atom stereocenters. The predicted molar refractivity (Wildman–Crippen MR) is 92.3 cm³/mol. The number of halogens is 3. The number of alkyl halides is 2. The highest BCUT2D eigenvalue weighted by Crippen LogP contribution is 2.23. The highest BCUT2D eigenvalue weighted by atomic mass is 32.1. The number of thiazole rings is 1. The minimum absolute atomic E-state index is 0.0937. The Morgan fingerprint density at radius 3 is 2.69 bits per heavy atom. The van der Waals surface area contributed by atoms with Crippen molar-refractivity contribution in [3.8, 4) is 5.75 Å². The van der Waals surface area contributed by atoms with E-state index in [-0.39, 0.29) is 17.1 Å². The molecule has 0 bridgehead atoms. The summed E-state index contributed by atoms with van der Waals surface area (Å²) in [5, 5.41) is 3.00. The summed E-state index contributed by atoms with van der Waals surface area (Å²) >= 11 is 1.28. The number of amides is 1. The molecule has 0 saturated heterocycles. The number of hydrogen-bond donors (Lipinski definition) is 1. The van der Waals surface area contributed by atoms with Crippen LogP contribution in [0.1, 0.15) is 20.8 Å². The van der Waals surface area contributed by atoms with E-state index in [4.69, 9.17) is 0 Å². The van der Waals surface area contributed by atoms with Crippen LogP contribution in [0.25, 0.3) is 0 Å². The average Bonchev–Trinajstić information content (AvgIpc) is 3.03. The van der Waals surface area contributed by atoms with Gasteiger partial charge in [0.1, 0.15) is 11.6 Å². The molecular formula is C18H13F3N2O2S. The summed E-state index contributed by atoms with van der Waals surface area (Å²) in [6.45, 7) is -2.96. The minimum atomic E-state index is -2.96. The van der Waals surface area contributed by atoms with Crippen molar-refractivity contribution in [1.29, 1.82) is 0 Å². The standard InChI is InChI=1S/C18H13F3N2O2S/c19-13-6-4-11(5-7-13)8-15-10-22-18(26-15)23-16(24)12-2-1-3-14(9-12)25-17(20)21/h1-7,9-10,17H,8H2,(H,22,23,24). The van der Waals surface area contributed by atoms with Crippen molar-refractivity contribution < 1.29 is 22.7 Å². The smallest absolute Gasteiger partial charge is 0.387 e. The number of nitrogens with one attached hydrogen (secondary N) is 1. The maximum atomic E-state index is 12.9. The van der Waals surface area contributed by atoms with Crippen molar-refractivity contribution in [2.24, 2.45) is 0 Å². The SMILES string of the molecule is O=C(Nc1ncc(Cc2ccc(F)cc2)s1)c1cccc(OC(F)F)c1. The van der Waals surface area contributed by atoms with Crippen molar-refractivity contribution in [2.75, 3.05) is 5.32 Å². The summed E-state index contributed by atoms with van der Waals surface area (Å²) in [6.07, 6.45) is 2.19. The average molecular weight is 378 g/mol. The van der Waals surface area contributed by atoms with Gasteiger partial charge in [-0.15, -0.1) is 11.3 Å². The van der Waals surface area contributed by atoms with E-state index < -0.39 is 12.5 Å². The van der Waals surface area contributed by atoms with Crippen LogP contribution in [0.4, 0.5) is 18.3 Å². The number of carbonyl (C=O) groups is 1. The van der Waals surface area contributed by atoms with Crippen LogP contribution in [0, 0.1) is 5.82 Å². The number of aromatic nitrogens is 1. The van der Waals surface area contributed by atoms with Gasteiger partial charge >= 0.3 is 6.61 Å². The third-order valence-corrected chi connectivity index (χ3v) is 4.30. The molecule has 1 aromatic heterocycles. The van der Waals surface area contributed by atoms with Crippen LogP contribution in [-0.4, -0.2) is 17.5 Å². The van der Waals surface area contributed by atoms with Crippen molar-refractivity contribution in [2.45, 2.75) is 13.0 Å². The number of nitrogens with zero attached hydrogens (tertiary/aromatic N) is 1. The third kappa shape index (κ3) is 4.82. The molecule has 0 aliphatic carbocycles. The zero-order valence-electron chi connectivity index (χ0n) is 13.3. The lowest BCUT2D eigenvalue weighted by Gasteiger charge is -2.06. The maximum absolute atomic E-state index is 12.9. The Hall–Kier alpha value is -2.87. The molecule has 3 rings (SSSR count).